The number of anilines is 3. The van der Waals surface area contributed by atoms with E-state index in [0.717, 1.165) is 30.6 Å². The summed E-state index contributed by atoms with van der Waals surface area (Å²) in [6.45, 7) is 4.73. The Balaban J connectivity index is 0.810. The quantitative estimate of drug-likeness (QED) is 0.124. The number of fused-ring (bicyclic) bond motifs is 3. The highest BCUT2D eigenvalue weighted by atomic mass is 15.1. The Morgan fingerprint density at radius 3 is 1.59 bits per heavy atom. The molecule has 5 aliphatic rings. The zero-order valence-electron chi connectivity index (χ0n) is 39.9. The van der Waals surface area contributed by atoms with Crippen LogP contribution in [0.3, 0.4) is 0 Å². The van der Waals surface area contributed by atoms with Crippen LogP contribution in [-0.2, 0) is 5.41 Å². The molecule has 1 heteroatoms. The third-order valence-electron chi connectivity index (χ3n) is 16.3. The van der Waals surface area contributed by atoms with Gasteiger partial charge in [0, 0.05) is 40.2 Å². The third kappa shape index (κ3) is 6.82. The molecule has 0 heterocycles. The zero-order chi connectivity index (χ0) is 46.8. The molecule has 9 aromatic carbocycles. The van der Waals surface area contributed by atoms with Gasteiger partial charge in [-0.05, 0) is 151 Å². The largest absolute Gasteiger partial charge is 0.310 e. The topological polar surface area (TPSA) is 3.24 Å². The highest BCUT2D eigenvalue weighted by Crippen LogP contribution is 2.59. The van der Waals surface area contributed by atoms with Crippen LogP contribution >= 0.6 is 0 Å². The third-order valence-corrected chi connectivity index (χ3v) is 16.3. The molecule has 70 heavy (non-hydrogen) atoms. The fourth-order valence-corrected chi connectivity index (χ4v) is 12.9. The standard InChI is InChI=1S/C69H55N/c1-3-69(4-2)65-42-47(32-38-56(65)57-41-37-54(45-66(57)69)70(52-20-10-6-11-21-52)53-22-12-7-13-23-53)29-28-46-30-33-49(34-31-46)63-43-50(48-18-8-5-9-19-48)35-39-55(63)51-36-40-62-64(44-51)68-60-26-16-14-24-58(60)67(62)59-25-15-17-27-61(59)68/h5-43,45,51,67-68H,3-4,44H2,1-2H3/b29-28+. The Bertz CT molecular complexity index is 3450. The molecule has 1 nitrogen and oxygen atoms in total. The van der Waals surface area contributed by atoms with E-state index in [1.807, 2.05) is 0 Å². The van der Waals surface area contributed by atoms with Gasteiger partial charge in [-0.1, -0.05) is 220 Å². The Morgan fingerprint density at radius 2 is 0.957 bits per heavy atom. The number of hydrogen-bond donors (Lipinski definition) is 0. The van der Waals surface area contributed by atoms with Crippen LogP contribution in [0.5, 0.6) is 0 Å². The van der Waals surface area contributed by atoms with Crippen LogP contribution < -0.4 is 4.90 Å². The lowest BCUT2D eigenvalue weighted by Gasteiger charge is -2.45. The molecule has 0 saturated carbocycles. The lowest BCUT2D eigenvalue weighted by molar-refractivity contribution is 0.490. The fraction of sp³-hybridized carbons (Fsp3) is 0.130. The van der Waals surface area contributed by atoms with Crippen molar-refractivity contribution >= 4 is 29.2 Å². The number of rotatable bonds is 10. The van der Waals surface area contributed by atoms with Crippen molar-refractivity contribution in [1.82, 2.24) is 0 Å². The van der Waals surface area contributed by atoms with Gasteiger partial charge in [0.25, 0.3) is 0 Å². The van der Waals surface area contributed by atoms with Crippen molar-refractivity contribution in [3.63, 3.8) is 0 Å². The molecule has 0 fully saturated rings. The van der Waals surface area contributed by atoms with Crippen LogP contribution in [0.25, 0.3) is 45.5 Å². The summed E-state index contributed by atoms with van der Waals surface area (Å²) in [5, 5.41) is 0. The molecule has 0 spiro atoms. The molecule has 0 aliphatic heterocycles. The predicted molar refractivity (Wildman–Crippen MR) is 294 cm³/mol. The number of hydrogen-bond acceptors (Lipinski definition) is 1. The Kier molecular flexibility index (Phi) is 10.4. The number of benzene rings is 9. The minimum absolute atomic E-state index is 0.0750. The van der Waals surface area contributed by atoms with Crippen LogP contribution in [0.1, 0.15) is 101 Å². The lowest BCUT2D eigenvalue weighted by Crippen LogP contribution is -2.29. The van der Waals surface area contributed by atoms with Crippen LogP contribution in [0.15, 0.2) is 242 Å². The summed E-state index contributed by atoms with van der Waals surface area (Å²) in [6, 6.07) is 81.5. The van der Waals surface area contributed by atoms with E-state index in [4.69, 9.17) is 0 Å². The number of nitrogens with zero attached hydrogens (tertiary/aromatic N) is 1. The second-order valence-electron chi connectivity index (χ2n) is 19.7. The van der Waals surface area contributed by atoms with E-state index < -0.39 is 0 Å². The van der Waals surface area contributed by atoms with Gasteiger partial charge in [0.15, 0.2) is 0 Å². The van der Waals surface area contributed by atoms with Crippen molar-refractivity contribution in [1.29, 1.82) is 0 Å². The molecule has 0 N–H and O–H groups in total. The van der Waals surface area contributed by atoms with Crippen LogP contribution in [0.4, 0.5) is 17.1 Å². The average Bonchev–Trinajstić information content (AvgIpc) is 3.71. The van der Waals surface area contributed by atoms with Gasteiger partial charge in [-0.15, -0.1) is 0 Å². The van der Waals surface area contributed by atoms with Crippen molar-refractivity contribution in [2.24, 2.45) is 0 Å². The maximum atomic E-state index is 2.51. The summed E-state index contributed by atoms with van der Waals surface area (Å²) >= 11 is 0. The van der Waals surface area contributed by atoms with Crippen LogP contribution in [0, 0.1) is 0 Å². The molecule has 0 aromatic heterocycles. The molecule has 9 aromatic rings. The Morgan fingerprint density at radius 1 is 0.429 bits per heavy atom. The molecule has 0 amide bonds. The molecule has 1 atom stereocenters. The summed E-state index contributed by atoms with van der Waals surface area (Å²) in [6.07, 6.45) is 12.7. The van der Waals surface area contributed by atoms with Gasteiger partial charge >= 0.3 is 0 Å². The zero-order valence-corrected chi connectivity index (χ0v) is 39.9. The van der Waals surface area contributed by atoms with Gasteiger partial charge in [-0.2, -0.15) is 0 Å². The van der Waals surface area contributed by atoms with Gasteiger partial charge in [0.1, 0.15) is 0 Å². The molecule has 5 aliphatic carbocycles. The lowest BCUT2D eigenvalue weighted by atomic mass is 9.58. The van der Waals surface area contributed by atoms with Gasteiger partial charge in [-0.3, -0.25) is 0 Å². The molecule has 2 bridgehead atoms. The van der Waals surface area contributed by atoms with E-state index >= 15 is 0 Å². The minimum Gasteiger partial charge on any atom is -0.310 e. The molecule has 1 unspecified atom stereocenters. The fourth-order valence-electron chi connectivity index (χ4n) is 12.9. The SMILES string of the molecule is CCC1(CC)c2cc(/C=C/c3ccc(-c4cc(-c5ccccc5)ccc4C4C=CC5=C(C4)C4c6ccccc6C5c5ccccc54)cc3)ccc2-c2ccc(N(c3ccccc3)c3ccccc3)cc21. The summed E-state index contributed by atoms with van der Waals surface area (Å²) in [5.74, 6) is 0.895. The van der Waals surface area contributed by atoms with E-state index in [0.29, 0.717) is 11.8 Å². The Hall–Kier alpha value is -8.00. The van der Waals surface area contributed by atoms with Gasteiger partial charge in [-0.25, -0.2) is 0 Å². The summed E-state index contributed by atoms with van der Waals surface area (Å²) < 4.78 is 0. The summed E-state index contributed by atoms with van der Waals surface area (Å²) in [7, 11) is 0. The van der Waals surface area contributed by atoms with E-state index in [2.05, 4.69) is 261 Å². The molecular formula is C69H55N. The van der Waals surface area contributed by atoms with E-state index in [1.165, 1.54) is 94.7 Å². The molecule has 336 valence electrons. The summed E-state index contributed by atoms with van der Waals surface area (Å²) in [4.78, 5) is 2.39. The first-order valence-electron chi connectivity index (χ1n) is 25.4. The molecule has 0 radical (unpaired) electrons. The highest BCUT2D eigenvalue weighted by molar-refractivity contribution is 5.87. The van der Waals surface area contributed by atoms with E-state index in [1.54, 1.807) is 5.57 Å². The maximum absolute atomic E-state index is 2.51. The first kappa shape index (κ1) is 42.1. The minimum atomic E-state index is -0.0750. The predicted octanol–water partition coefficient (Wildman–Crippen LogP) is 18.4. The first-order chi connectivity index (χ1) is 34.6. The average molecular weight is 898 g/mol. The van der Waals surface area contributed by atoms with E-state index in [9.17, 15) is 0 Å². The van der Waals surface area contributed by atoms with Crippen molar-refractivity contribution < 1.29 is 0 Å². The van der Waals surface area contributed by atoms with E-state index in [-0.39, 0.29) is 11.3 Å². The van der Waals surface area contributed by atoms with Crippen LogP contribution in [0.2, 0.25) is 0 Å². The van der Waals surface area contributed by atoms with Crippen molar-refractivity contribution in [3.05, 3.63) is 292 Å². The number of allylic oxidation sites excluding steroid dienone is 4. The van der Waals surface area contributed by atoms with Crippen molar-refractivity contribution in [2.75, 3.05) is 4.90 Å². The Labute approximate surface area is 413 Å². The van der Waals surface area contributed by atoms with Gasteiger partial charge < -0.3 is 4.90 Å². The van der Waals surface area contributed by atoms with Crippen molar-refractivity contribution in [3.8, 4) is 33.4 Å². The van der Waals surface area contributed by atoms with Crippen LogP contribution in [-0.4, -0.2) is 0 Å². The normalized spacial score (nSPS) is 17.7. The maximum Gasteiger partial charge on any atom is 0.0465 e. The van der Waals surface area contributed by atoms with Gasteiger partial charge in [0.05, 0.1) is 0 Å². The molecule has 0 saturated heterocycles. The van der Waals surface area contributed by atoms with Crippen molar-refractivity contribution in [2.45, 2.75) is 56.3 Å². The second-order valence-corrected chi connectivity index (χ2v) is 19.7. The molecular weight excluding hydrogens is 843 g/mol. The summed E-state index contributed by atoms with van der Waals surface area (Å²) in [5.41, 5.74) is 26.9. The molecule has 14 rings (SSSR count). The first-order valence-corrected chi connectivity index (χ1v) is 25.4. The second kappa shape index (κ2) is 17.2. The number of para-hydroxylation sites is 2. The highest BCUT2D eigenvalue weighted by Gasteiger charge is 2.44. The van der Waals surface area contributed by atoms with Gasteiger partial charge in [0.2, 0.25) is 0 Å². The smallest absolute Gasteiger partial charge is 0.0465 e. The monoisotopic (exact) mass is 897 g/mol.